The van der Waals surface area contributed by atoms with Crippen LogP contribution in [0.15, 0.2) is 27.8 Å². The van der Waals surface area contributed by atoms with E-state index in [1.165, 1.54) is 13.1 Å². The first kappa shape index (κ1) is 14.8. The monoisotopic (exact) mass is 360 g/mol. The zero-order valence-electron chi connectivity index (χ0n) is 10.8. The molecule has 2 aromatic rings. The van der Waals surface area contributed by atoms with Crippen molar-refractivity contribution >= 4 is 31.6 Å². The lowest BCUT2D eigenvalue weighted by atomic mass is 10.1. The lowest BCUT2D eigenvalue weighted by Crippen LogP contribution is -2.17. The van der Waals surface area contributed by atoms with Crippen LogP contribution >= 0.6 is 15.9 Å². The van der Waals surface area contributed by atoms with Gasteiger partial charge < -0.3 is 5.11 Å². The fourth-order valence-corrected chi connectivity index (χ4v) is 3.85. The molecule has 2 rings (SSSR count). The van der Waals surface area contributed by atoms with Gasteiger partial charge >= 0.3 is 0 Å². The van der Waals surface area contributed by atoms with Crippen molar-refractivity contribution in [2.24, 2.45) is 7.05 Å². The SMILES string of the molecule is CCc1ccc(O)c(NS(=O)(=O)c2c(Br)nnn2C)c1. The summed E-state index contributed by atoms with van der Waals surface area (Å²) in [6, 6.07) is 4.77. The number of phenols is 1. The smallest absolute Gasteiger partial charge is 0.282 e. The molecule has 108 valence electrons. The predicted molar refractivity (Wildman–Crippen MR) is 77.0 cm³/mol. The van der Waals surface area contributed by atoms with Crippen LogP contribution in [0, 0.1) is 0 Å². The molecule has 0 bridgehead atoms. The molecule has 0 saturated carbocycles. The molecule has 20 heavy (non-hydrogen) atoms. The summed E-state index contributed by atoms with van der Waals surface area (Å²) in [5, 5.41) is 16.9. The summed E-state index contributed by atoms with van der Waals surface area (Å²) in [4.78, 5) is 0. The highest BCUT2D eigenvalue weighted by Crippen LogP contribution is 2.28. The van der Waals surface area contributed by atoms with Crippen LogP contribution in [0.4, 0.5) is 5.69 Å². The van der Waals surface area contributed by atoms with Crippen LogP contribution < -0.4 is 4.72 Å². The number of anilines is 1. The van der Waals surface area contributed by atoms with Crippen LogP contribution in [0.1, 0.15) is 12.5 Å². The summed E-state index contributed by atoms with van der Waals surface area (Å²) in [5.41, 5.74) is 1.03. The van der Waals surface area contributed by atoms with Crippen molar-refractivity contribution in [1.82, 2.24) is 15.0 Å². The Morgan fingerprint density at radius 2 is 2.15 bits per heavy atom. The van der Waals surface area contributed by atoms with E-state index in [1.54, 1.807) is 12.1 Å². The van der Waals surface area contributed by atoms with E-state index >= 15 is 0 Å². The Balaban J connectivity index is 2.43. The molecule has 0 saturated heterocycles. The second-order valence-electron chi connectivity index (χ2n) is 4.12. The number of nitrogens with one attached hydrogen (secondary N) is 1. The second kappa shape index (κ2) is 5.41. The van der Waals surface area contributed by atoms with Crippen LogP contribution in [0.25, 0.3) is 0 Å². The summed E-state index contributed by atoms with van der Waals surface area (Å²) in [7, 11) is -2.43. The van der Waals surface area contributed by atoms with Crippen molar-refractivity contribution in [1.29, 1.82) is 0 Å². The molecule has 1 aromatic carbocycles. The van der Waals surface area contributed by atoms with Gasteiger partial charge in [-0.1, -0.05) is 18.2 Å². The molecule has 0 aliphatic heterocycles. The molecule has 0 aliphatic carbocycles. The summed E-state index contributed by atoms with van der Waals surface area (Å²) in [5.74, 6) is -0.142. The number of phenolic OH excluding ortho intramolecular Hbond substituents is 1. The molecule has 1 aromatic heterocycles. The van der Waals surface area contributed by atoms with Gasteiger partial charge in [-0.25, -0.2) is 4.68 Å². The Labute approximate surface area is 124 Å². The van der Waals surface area contributed by atoms with E-state index in [9.17, 15) is 13.5 Å². The Kier molecular flexibility index (Phi) is 4.00. The number of hydrogen-bond acceptors (Lipinski definition) is 5. The number of aromatic nitrogens is 3. The average Bonchev–Trinajstić information content (AvgIpc) is 2.72. The Hall–Kier alpha value is -1.61. The molecular formula is C11H13BrN4O3S. The first-order valence-corrected chi connectivity index (χ1v) is 8.02. The minimum Gasteiger partial charge on any atom is -0.506 e. The normalized spacial score (nSPS) is 11.6. The molecule has 7 nitrogen and oxygen atoms in total. The highest BCUT2D eigenvalue weighted by atomic mass is 79.9. The highest BCUT2D eigenvalue weighted by Gasteiger charge is 2.24. The molecule has 0 fully saturated rings. The van der Waals surface area contributed by atoms with Crippen molar-refractivity contribution in [3.63, 3.8) is 0 Å². The average molecular weight is 361 g/mol. The van der Waals surface area contributed by atoms with Gasteiger partial charge in [-0.2, -0.15) is 8.42 Å². The number of rotatable bonds is 4. The summed E-state index contributed by atoms with van der Waals surface area (Å²) in [6.45, 7) is 1.94. The van der Waals surface area contributed by atoms with Gasteiger partial charge in [0.05, 0.1) is 5.69 Å². The van der Waals surface area contributed by atoms with Gasteiger partial charge in [0.25, 0.3) is 10.0 Å². The van der Waals surface area contributed by atoms with Gasteiger partial charge in [0.15, 0.2) is 4.60 Å². The van der Waals surface area contributed by atoms with Crippen LogP contribution in [0.5, 0.6) is 5.75 Å². The molecule has 9 heteroatoms. The number of hydrogen-bond donors (Lipinski definition) is 2. The lowest BCUT2D eigenvalue weighted by Gasteiger charge is -2.10. The standard InChI is InChI=1S/C11H13BrN4O3S/c1-3-7-4-5-9(17)8(6-7)14-20(18,19)11-10(12)13-15-16(11)2/h4-6,14,17H,3H2,1-2H3. The third-order valence-electron chi connectivity index (χ3n) is 2.71. The molecule has 0 atom stereocenters. The van der Waals surface area contributed by atoms with E-state index < -0.39 is 10.0 Å². The van der Waals surface area contributed by atoms with Gasteiger partial charge in [-0.05, 0) is 40.0 Å². The number of nitrogens with zero attached hydrogens (tertiary/aromatic N) is 3. The van der Waals surface area contributed by atoms with E-state index in [1.807, 2.05) is 6.92 Å². The summed E-state index contributed by atoms with van der Waals surface area (Å²) >= 11 is 3.04. The Bertz CT molecular complexity index is 723. The molecule has 0 aliphatic rings. The number of aromatic hydroxyl groups is 1. The van der Waals surface area contributed by atoms with Crippen LogP contribution in [-0.4, -0.2) is 28.5 Å². The first-order valence-electron chi connectivity index (χ1n) is 5.75. The molecular weight excluding hydrogens is 348 g/mol. The molecule has 0 amide bonds. The maximum absolute atomic E-state index is 12.3. The fraction of sp³-hybridized carbons (Fsp3) is 0.273. The summed E-state index contributed by atoms with van der Waals surface area (Å²) in [6.07, 6.45) is 0.728. The second-order valence-corrected chi connectivity index (χ2v) is 6.47. The van der Waals surface area contributed by atoms with Crippen LogP contribution in [0.2, 0.25) is 0 Å². The van der Waals surface area contributed by atoms with E-state index in [0.29, 0.717) is 0 Å². The Morgan fingerprint density at radius 1 is 1.45 bits per heavy atom. The number of sulfonamides is 1. The van der Waals surface area contributed by atoms with Crippen molar-refractivity contribution in [3.8, 4) is 5.75 Å². The van der Waals surface area contributed by atoms with Crippen molar-refractivity contribution in [2.45, 2.75) is 18.4 Å². The number of aryl methyl sites for hydroxylation is 2. The highest BCUT2D eigenvalue weighted by molar-refractivity contribution is 9.10. The van der Waals surface area contributed by atoms with E-state index in [-0.39, 0.29) is 21.1 Å². The van der Waals surface area contributed by atoms with E-state index in [4.69, 9.17) is 0 Å². The van der Waals surface area contributed by atoms with Crippen LogP contribution in [0.3, 0.4) is 0 Å². The number of halogens is 1. The quantitative estimate of drug-likeness (QED) is 0.807. The molecule has 0 radical (unpaired) electrons. The van der Waals surface area contributed by atoms with Gasteiger partial charge in [0.2, 0.25) is 5.03 Å². The zero-order chi connectivity index (χ0) is 14.9. The van der Waals surface area contributed by atoms with Crippen molar-refractivity contribution in [2.75, 3.05) is 4.72 Å². The lowest BCUT2D eigenvalue weighted by molar-refractivity contribution is 0.477. The van der Waals surface area contributed by atoms with Gasteiger partial charge in [0.1, 0.15) is 5.75 Å². The Morgan fingerprint density at radius 3 is 2.70 bits per heavy atom. The molecule has 1 heterocycles. The molecule has 2 N–H and O–H groups in total. The minimum absolute atomic E-state index is 0.110. The zero-order valence-corrected chi connectivity index (χ0v) is 13.2. The van der Waals surface area contributed by atoms with Gasteiger partial charge in [-0.3, -0.25) is 4.72 Å². The van der Waals surface area contributed by atoms with Crippen LogP contribution in [-0.2, 0) is 23.5 Å². The molecule has 0 unspecified atom stereocenters. The number of benzene rings is 1. The minimum atomic E-state index is -3.90. The van der Waals surface area contributed by atoms with Gasteiger partial charge in [0, 0.05) is 7.05 Å². The maximum Gasteiger partial charge on any atom is 0.282 e. The predicted octanol–water partition coefficient (Wildman–Crippen LogP) is 1.65. The van der Waals surface area contributed by atoms with Gasteiger partial charge in [-0.15, -0.1) is 5.10 Å². The van der Waals surface area contributed by atoms with Crippen molar-refractivity contribution in [3.05, 3.63) is 28.4 Å². The van der Waals surface area contributed by atoms with E-state index in [2.05, 4.69) is 31.0 Å². The first-order chi connectivity index (χ1) is 9.35. The van der Waals surface area contributed by atoms with E-state index in [0.717, 1.165) is 16.7 Å². The fourth-order valence-electron chi connectivity index (χ4n) is 1.69. The topological polar surface area (TPSA) is 97.1 Å². The molecule has 0 spiro atoms. The van der Waals surface area contributed by atoms with Crippen molar-refractivity contribution < 1.29 is 13.5 Å². The summed E-state index contributed by atoms with van der Waals surface area (Å²) < 4.78 is 28.2. The third-order valence-corrected chi connectivity index (χ3v) is 4.96. The third kappa shape index (κ3) is 2.78. The maximum atomic E-state index is 12.3. The largest absolute Gasteiger partial charge is 0.506 e.